The Kier molecular flexibility index (Phi) is 4.76. The van der Waals surface area contributed by atoms with Crippen LogP contribution in [0, 0.1) is 13.8 Å². The number of para-hydroxylation sites is 1. The molecule has 5 nitrogen and oxygen atoms in total. The fourth-order valence-electron chi connectivity index (χ4n) is 3.17. The minimum absolute atomic E-state index is 0.107. The van der Waals surface area contributed by atoms with Crippen molar-refractivity contribution < 1.29 is 4.79 Å². The van der Waals surface area contributed by atoms with Crippen molar-refractivity contribution in [2.75, 3.05) is 6.54 Å². The van der Waals surface area contributed by atoms with E-state index in [4.69, 9.17) is 0 Å². The highest BCUT2D eigenvalue weighted by Gasteiger charge is 2.18. The molecule has 0 spiro atoms. The van der Waals surface area contributed by atoms with E-state index in [9.17, 15) is 4.79 Å². The van der Waals surface area contributed by atoms with E-state index >= 15 is 0 Å². The second-order valence-corrected chi connectivity index (χ2v) is 6.17. The van der Waals surface area contributed by atoms with Crippen molar-refractivity contribution in [2.24, 2.45) is 0 Å². The van der Waals surface area contributed by atoms with Gasteiger partial charge in [-0.25, -0.2) is 4.68 Å². The lowest BCUT2D eigenvalue weighted by Crippen LogP contribution is -2.31. The summed E-state index contributed by atoms with van der Waals surface area (Å²) in [6.45, 7) is 5.61. The summed E-state index contributed by atoms with van der Waals surface area (Å²) in [4.78, 5) is 12.1. The van der Waals surface area contributed by atoms with Crippen molar-refractivity contribution in [3.63, 3.8) is 0 Å². The number of nitrogens with one attached hydrogen (secondary N) is 2. The maximum Gasteiger partial charge on any atom is 0.221 e. The first-order valence-electron chi connectivity index (χ1n) is 8.26. The van der Waals surface area contributed by atoms with E-state index in [1.807, 2.05) is 48.9 Å². The predicted molar refractivity (Wildman–Crippen MR) is 90.5 cm³/mol. The van der Waals surface area contributed by atoms with Crippen LogP contribution in [-0.2, 0) is 11.3 Å². The molecule has 23 heavy (non-hydrogen) atoms. The molecule has 2 N–H and O–H groups in total. The molecule has 1 amide bonds. The number of hydrogen-bond donors (Lipinski definition) is 2. The largest absolute Gasteiger partial charge is 0.352 e. The predicted octanol–water partition coefficient (Wildman–Crippen LogP) is 2.25. The van der Waals surface area contributed by atoms with Crippen LogP contribution < -0.4 is 10.6 Å². The van der Waals surface area contributed by atoms with E-state index < -0.39 is 0 Å². The summed E-state index contributed by atoms with van der Waals surface area (Å²) in [5.74, 6) is 0.107. The quantitative estimate of drug-likeness (QED) is 0.890. The van der Waals surface area contributed by atoms with Crippen molar-refractivity contribution in [1.82, 2.24) is 20.4 Å². The molecular weight excluding hydrogens is 288 g/mol. The second kappa shape index (κ2) is 6.96. The third-order valence-corrected chi connectivity index (χ3v) is 4.50. The first-order chi connectivity index (χ1) is 11.1. The molecule has 1 aliphatic rings. The number of nitrogens with zero attached hydrogens (tertiary/aromatic N) is 2. The number of amides is 1. The molecule has 0 aliphatic carbocycles. The summed E-state index contributed by atoms with van der Waals surface area (Å²) in [5.41, 5.74) is 4.18. The Hall–Kier alpha value is -2.14. The normalized spacial score (nSPS) is 17.4. The van der Waals surface area contributed by atoms with Gasteiger partial charge in [-0.05, 0) is 45.4 Å². The van der Waals surface area contributed by atoms with E-state index in [0.29, 0.717) is 19.0 Å². The molecule has 2 heterocycles. The first-order valence-corrected chi connectivity index (χ1v) is 8.26. The highest BCUT2D eigenvalue weighted by atomic mass is 16.1. The monoisotopic (exact) mass is 312 g/mol. The van der Waals surface area contributed by atoms with E-state index in [-0.39, 0.29) is 5.91 Å². The Morgan fingerprint density at radius 1 is 1.35 bits per heavy atom. The maximum absolute atomic E-state index is 12.1. The van der Waals surface area contributed by atoms with Crippen molar-refractivity contribution in [3.05, 3.63) is 47.3 Å². The molecule has 3 rings (SSSR count). The summed E-state index contributed by atoms with van der Waals surface area (Å²) in [7, 11) is 0. The molecule has 1 aromatic carbocycles. The Morgan fingerprint density at radius 2 is 2.13 bits per heavy atom. The van der Waals surface area contributed by atoms with Gasteiger partial charge in [0.15, 0.2) is 0 Å². The molecule has 1 unspecified atom stereocenters. The number of aryl methyl sites for hydroxylation is 1. The van der Waals surface area contributed by atoms with Crippen LogP contribution in [0.2, 0.25) is 0 Å². The number of benzene rings is 1. The highest BCUT2D eigenvalue weighted by molar-refractivity contribution is 5.76. The Bertz CT molecular complexity index is 672. The molecule has 5 heteroatoms. The highest BCUT2D eigenvalue weighted by Crippen LogP contribution is 2.17. The molecule has 2 aromatic rings. The SMILES string of the molecule is Cc1nn(-c2ccccc2)c(C)c1CNC(=O)CC1CCCN1. The maximum atomic E-state index is 12.1. The van der Waals surface area contributed by atoms with Gasteiger partial charge in [-0.1, -0.05) is 18.2 Å². The van der Waals surface area contributed by atoms with Crippen molar-refractivity contribution in [2.45, 2.75) is 45.7 Å². The Balaban J connectivity index is 1.66. The lowest BCUT2D eigenvalue weighted by atomic mass is 10.1. The zero-order chi connectivity index (χ0) is 16.2. The Morgan fingerprint density at radius 3 is 2.83 bits per heavy atom. The van der Waals surface area contributed by atoms with Gasteiger partial charge < -0.3 is 10.6 Å². The molecule has 0 bridgehead atoms. The summed E-state index contributed by atoms with van der Waals surface area (Å²) >= 11 is 0. The lowest BCUT2D eigenvalue weighted by molar-refractivity contribution is -0.121. The molecule has 122 valence electrons. The van der Waals surface area contributed by atoms with Gasteiger partial charge in [0.25, 0.3) is 0 Å². The third-order valence-electron chi connectivity index (χ3n) is 4.50. The second-order valence-electron chi connectivity index (χ2n) is 6.17. The molecule has 0 radical (unpaired) electrons. The summed E-state index contributed by atoms with van der Waals surface area (Å²) in [6.07, 6.45) is 2.82. The van der Waals surface area contributed by atoms with E-state index in [1.165, 1.54) is 6.42 Å². The molecule has 1 saturated heterocycles. The summed E-state index contributed by atoms with van der Waals surface area (Å²) in [5, 5.41) is 11.0. The number of rotatable bonds is 5. The molecule has 1 atom stereocenters. The van der Waals surface area contributed by atoms with Gasteiger partial charge in [-0.15, -0.1) is 0 Å². The van der Waals surface area contributed by atoms with Crippen LogP contribution in [-0.4, -0.2) is 28.3 Å². The number of aromatic nitrogens is 2. The molecule has 1 fully saturated rings. The minimum Gasteiger partial charge on any atom is -0.352 e. The molecular formula is C18H24N4O. The summed E-state index contributed by atoms with van der Waals surface area (Å²) < 4.78 is 1.94. The smallest absolute Gasteiger partial charge is 0.221 e. The molecule has 1 aromatic heterocycles. The topological polar surface area (TPSA) is 59.0 Å². The van der Waals surface area contributed by atoms with Crippen LogP contribution in [0.25, 0.3) is 5.69 Å². The molecule has 1 aliphatic heterocycles. The minimum atomic E-state index is 0.107. The van der Waals surface area contributed by atoms with Gasteiger partial charge >= 0.3 is 0 Å². The van der Waals surface area contributed by atoms with Crippen LogP contribution in [0.15, 0.2) is 30.3 Å². The average Bonchev–Trinajstić information content (AvgIpc) is 3.15. The van der Waals surface area contributed by atoms with Gasteiger partial charge in [0.05, 0.1) is 11.4 Å². The van der Waals surface area contributed by atoms with Crippen molar-refractivity contribution in [3.8, 4) is 5.69 Å². The number of carbonyl (C=O) groups excluding carboxylic acids is 1. The fraction of sp³-hybridized carbons (Fsp3) is 0.444. The van der Waals surface area contributed by atoms with E-state index in [0.717, 1.165) is 35.6 Å². The van der Waals surface area contributed by atoms with Crippen molar-refractivity contribution in [1.29, 1.82) is 0 Å². The van der Waals surface area contributed by atoms with Crippen LogP contribution in [0.3, 0.4) is 0 Å². The number of carbonyl (C=O) groups is 1. The third kappa shape index (κ3) is 3.62. The lowest BCUT2D eigenvalue weighted by Gasteiger charge is -2.11. The number of hydrogen-bond acceptors (Lipinski definition) is 3. The van der Waals surface area contributed by atoms with Crippen molar-refractivity contribution >= 4 is 5.91 Å². The van der Waals surface area contributed by atoms with Gasteiger partial charge in [0, 0.05) is 30.3 Å². The van der Waals surface area contributed by atoms with Crippen LogP contribution in [0.4, 0.5) is 0 Å². The standard InChI is InChI=1S/C18H24N4O/c1-13-17(12-20-18(23)11-15-7-6-10-19-15)14(2)22(21-13)16-8-4-3-5-9-16/h3-5,8-9,15,19H,6-7,10-12H2,1-2H3,(H,20,23). The van der Waals surface area contributed by atoms with Crippen LogP contribution >= 0.6 is 0 Å². The first kappa shape index (κ1) is 15.7. The van der Waals surface area contributed by atoms with Crippen LogP contribution in [0.1, 0.15) is 36.2 Å². The zero-order valence-corrected chi connectivity index (χ0v) is 13.8. The van der Waals surface area contributed by atoms with Gasteiger partial charge in [0.1, 0.15) is 0 Å². The molecule has 0 saturated carbocycles. The van der Waals surface area contributed by atoms with Gasteiger partial charge in [-0.3, -0.25) is 4.79 Å². The zero-order valence-electron chi connectivity index (χ0n) is 13.8. The average molecular weight is 312 g/mol. The van der Waals surface area contributed by atoms with Gasteiger partial charge in [0.2, 0.25) is 5.91 Å². The van der Waals surface area contributed by atoms with E-state index in [1.54, 1.807) is 0 Å². The van der Waals surface area contributed by atoms with Gasteiger partial charge in [-0.2, -0.15) is 5.10 Å². The van der Waals surface area contributed by atoms with E-state index in [2.05, 4.69) is 15.7 Å². The fourth-order valence-corrected chi connectivity index (χ4v) is 3.17. The Labute approximate surface area is 137 Å². The van der Waals surface area contributed by atoms with Crippen LogP contribution in [0.5, 0.6) is 0 Å². The summed E-state index contributed by atoms with van der Waals surface area (Å²) in [6, 6.07) is 10.4.